The van der Waals surface area contributed by atoms with Gasteiger partial charge in [-0.25, -0.2) is 0 Å². The van der Waals surface area contributed by atoms with Gasteiger partial charge >= 0.3 is 0 Å². The molecule has 0 bridgehead atoms. The Hall–Kier alpha value is -9.18. The smallest absolute Gasteiger partial charge is 0.0577 e. The van der Waals surface area contributed by atoms with Gasteiger partial charge in [-0.3, -0.25) is 0 Å². The molecule has 0 saturated carbocycles. The highest BCUT2D eigenvalue weighted by Gasteiger charge is 2.46. The van der Waals surface area contributed by atoms with Crippen molar-refractivity contribution < 1.29 is 0 Å². The normalized spacial score (nSPS) is 15.1. The maximum Gasteiger partial charge on any atom is 0.0577 e. The molecule has 3 nitrogen and oxygen atoms in total. The molecule has 2 N–H and O–H groups in total. The van der Waals surface area contributed by atoms with Crippen molar-refractivity contribution in [3.8, 4) is 44.5 Å². The van der Waals surface area contributed by atoms with Gasteiger partial charge in [0.2, 0.25) is 0 Å². The molecular formula is C94H97N3. The summed E-state index contributed by atoms with van der Waals surface area (Å²) in [5, 5.41) is 0. The lowest BCUT2D eigenvalue weighted by atomic mass is 9.70. The van der Waals surface area contributed by atoms with Gasteiger partial charge < -0.3 is 15.5 Å². The Labute approximate surface area is 579 Å². The van der Waals surface area contributed by atoms with Gasteiger partial charge in [0.1, 0.15) is 0 Å². The highest BCUT2D eigenvalue weighted by molar-refractivity contribution is 6.04. The van der Waals surface area contributed by atoms with Crippen LogP contribution in [0.5, 0.6) is 0 Å². The summed E-state index contributed by atoms with van der Waals surface area (Å²) in [5.41, 5.74) is 45.3. The van der Waals surface area contributed by atoms with Crippen LogP contribution >= 0.6 is 0 Å². The van der Waals surface area contributed by atoms with E-state index in [9.17, 15) is 0 Å². The van der Waals surface area contributed by atoms with E-state index < -0.39 is 0 Å². The van der Waals surface area contributed by atoms with Gasteiger partial charge in [0.05, 0.1) is 34.1 Å². The molecule has 2 heterocycles. The Balaban J connectivity index is 1.14. The number of nitrogens with zero attached hydrogens (tertiary/aromatic N) is 2. The van der Waals surface area contributed by atoms with Crippen LogP contribution in [-0.2, 0) is 45.3 Å². The first-order valence-corrected chi connectivity index (χ1v) is 35.6. The molecular weight excluding hydrogens is 1170 g/mol. The third kappa shape index (κ3) is 10.9. The van der Waals surface area contributed by atoms with Gasteiger partial charge in [-0.05, 0) is 211 Å². The van der Waals surface area contributed by atoms with Crippen molar-refractivity contribution in [2.45, 2.75) is 182 Å². The molecule has 2 aliphatic heterocycles. The minimum atomic E-state index is -0.317. The summed E-state index contributed by atoms with van der Waals surface area (Å²) < 4.78 is 0. The van der Waals surface area contributed by atoms with E-state index in [4.69, 9.17) is 5.73 Å². The number of nitrogens with two attached hydrogens (primary N) is 1. The molecule has 1 atom stereocenters. The fourth-order valence-electron chi connectivity index (χ4n) is 16.5. The van der Waals surface area contributed by atoms with E-state index in [0.717, 1.165) is 24.2 Å². The van der Waals surface area contributed by atoms with Gasteiger partial charge in [0, 0.05) is 34.2 Å². The molecule has 488 valence electrons. The van der Waals surface area contributed by atoms with Crippen molar-refractivity contribution >= 4 is 39.8 Å². The maximum atomic E-state index is 7.39. The van der Waals surface area contributed by atoms with Crippen molar-refractivity contribution in [1.29, 1.82) is 0 Å². The van der Waals surface area contributed by atoms with Crippen LogP contribution in [0.25, 0.3) is 44.5 Å². The Morgan fingerprint density at radius 1 is 0.299 bits per heavy atom. The zero-order valence-electron chi connectivity index (χ0n) is 60.7. The van der Waals surface area contributed by atoms with E-state index >= 15 is 0 Å². The second kappa shape index (κ2) is 22.4. The van der Waals surface area contributed by atoms with Gasteiger partial charge in [-0.1, -0.05) is 288 Å². The molecule has 0 spiro atoms. The summed E-state index contributed by atoms with van der Waals surface area (Å²) in [4.78, 5) is 5.50. The molecule has 15 rings (SSSR count). The number of fused-ring (bicyclic) bond motifs is 9. The SMILES string of the molecule is CC(C)(C)c1ccc(-c2cc(C(C)(C)C)cc(C(C)(C)C)c2N2c3ccc(-c4cccc5c4-c4ccccc4C5)cc3C3c4ccc(N)cc4N(c4c(-c5ccc(C(C)(C)C)cc5)cc(C(C)(C)C)cc4C(C)(C)C)c4cc(C5c6ccccc6Cc6ccccc65)cc2c43)cc1. The molecule has 2 aliphatic carbocycles. The monoisotopic (exact) mass is 1270 g/mol. The predicted octanol–water partition coefficient (Wildman–Crippen LogP) is 25.5. The van der Waals surface area contributed by atoms with Crippen LogP contribution in [0.1, 0.15) is 225 Å². The van der Waals surface area contributed by atoms with Gasteiger partial charge in [-0.15, -0.1) is 0 Å². The fraction of sp³-hybridized carbons (Fsp3) is 0.298. The first kappa shape index (κ1) is 63.9. The summed E-state index contributed by atoms with van der Waals surface area (Å²) in [6, 6.07) is 83.7. The number of anilines is 7. The van der Waals surface area contributed by atoms with Crippen molar-refractivity contribution in [2.24, 2.45) is 0 Å². The molecule has 3 heteroatoms. The average Bonchev–Trinajstić information content (AvgIpc) is 0.966. The molecule has 0 aromatic heterocycles. The predicted molar refractivity (Wildman–Crippen MR) is 415 cm³/mol. The third-order valence-corrected chi connectivity index (χ3v) is 21.8. The minimum absolute atomic E-state index is 0.0248. The van der Waals surface area contributed by atoms with Crippen LogP contribution in [0.15, 0.2) is 212 Å². The molecule has 0 fully saturated rings. The highest BCUT2D eigenvalue weighted by Crippen LogP contribution is 2.66. The van der Waals surface area contributed by atoms with E-state index in [1.807, 2.05) is 0 Å². The van der Waals surface area contributed by atoms with Crippen molar-refractivity contribution in [3.63, 3.8) is 0 Å². The number of rotatable bonds is 6. The Bertz CT molecular complexity index is 4940. The number of nitrogen functional groups attached to an aromatic ring is 1. The van der Waals surface area contributed by atoms with E-state index in [0.29, 0.717) is 0 Å². The van der Waals surface area contributed by atoms with Crippen molar-refractivity contribution in [1.82, 2.24) is 0 Å². The number of benzene rings is 11. The molecule has 97 heavy (non-hydrogen) atoms. The first-order chi connectivity index (χ1) is 45.8. The van der Waals surface area contributed by atoms with E-state index in [2.05, 4.69) is 347 Å². The first-order valence-electron chi connectivity index (χ1n) is 35.6. The molecule has 0 saturated heterocycles. The van der Waals surface area contributed by atoms with E-state index in [-0.39, 0.29) is 44.3 Å². The highest BCUT2D eigenvalue weighted by atomic mass is 15.2. The Morgan fingerprint density at radius 2 is 0.742 bits per heavy atom. The van der Waals surface area contributed by atoms with Gasteiger partial charge in [-0.2, -0.15) is 0 Å². The van der Waals surface area contributed by atoms with E-state index in [1.54, 1.807) is 0 Å². The number of hydrogen-bond donors (Lipinski definition) is 1. The Morgan fingerprint density at radius 3 is 1.25 bits per heavy atom. The minimum Gasteiger partial charge on any atom is -0.399 e. The second-order valence-corrected chi connectivity index (χ2v) is 34.8. The van der Waals surface area contributed by atoms with E-state index in [1.165, 1.54) is 162 Å². The lowest BCUT2D eigenvalue weighted by Gasteiger charge is -2.48. The quantitative estimate of drug-likeness (QED) is 0.168. The second-order valence-electron chi connectivity index (χ2n) is 34.8. The molecule has 0 radical (unpaired) electrons. The maximum absolute atomic E-state index is 7.39. The summed E-state index contributed by atoms with van der Waals surface area (Å²) >= 11 is 0. The fourth-order valence-corrected chi connectivity index (χ4v) is 16.5. The van der Waals surface area contributed by atoms with Crippen molar-refractivity contribution in [2.75, 3.05) is 15.5 Å². The van der Waals surface area contributed by atoms with Crippen LogP contribution in [-0.4, -0.2) is 0 Å². The number of hydrogen-bond acceptors (Lipinski definition) is 3. The van der Waals surface area contributed by atoms with Crippen LogP contribution < -0.4 is 15.5 Å². The zero-order valence-corrected chi connectivity index (χ0v) is 60.7. The molecule has 1 unspecified atom stereocenters. The summed E-state index contributed by atoms with van der Waals surface area (Å²) in [6.07, 6.45) is 1.81. The third-order valence-electron chi connectivity index (χ3n) is 21.8. The van der Waals surface area contributed by atoms with Gasteiger partial charge in [0.25, 0.3) is 0 Å². The van der Waals surface area contributed by atoms with Crippen LogP contribution in [0.4, 0.5) is 39.8 Å². The zero-order chi connectivity index (χ0) is 68.4. The summed E-state index contributed by atoms with van der Waals surface area (Å²) in [7, 11) is 0. The summed E-state index contributed by atoms with van der Waals surface area (Å²) in [6.45, 7) is 42.8. The van der Waals surface area contributed by atoms with Crippen LogP contribution in [0, 0.1) is 0 Å². The van der Waals surface area contributed by atoms with Crippen molar-refractivity contribution in [3.05, 3.63) is 301 Å². The standard InChI is InChI=1S/C94H97N3/c1-89(2,3)64-39-34-56(35-40-64)74-51-66(91(7,8)9)53-77(93(13,14)15)87(74)96-79-45-38-61(72-33-25-29-62-47-60-28-21-22-30-69(60)83(62)72)48-76(79)85-73-44-43-68(95)55-80(73)97(82-50-63(49-81(96)86(82)85)84-70-31-23-19-26-58(70)46-59-27-20-24-32-71(59)84)88-75(57-36-41-65(42-37-57)90(4,5)6)52-67(92(10,11)12)54-78(88)94(16,17)18/h19-45,48-55,84-85H,46-47,95H2,1-18H3. The largest absolute Gasteiger partial charge is 0.399 e. The van der Waals surface area contributed by atoms with Gasteiger partial charge in [0.15, 0.2) is 0 Å². The molecule has 4 aliphatic rings. The lowest BCUT2D eigenvalue weighted by molar-refractivity contribution is 0.569. The topological polar surface area (TPSA) is 32.5 Å². The molecule has 11 aromatic rings. The lowest BCUT2D eigenvalue weighted by Crippen LogP contribution is -2.32. The van der Waals surface area contributed by atoms with Crippen LogP contribution in [0.2, 0.25) is 0 Å². The Kier molecular flexibility index (Phi) is 14.8. The molecule has 0 amide bonds. The summed E-state index contributed by atoms with van der Waals surface area (Å²) in [5.74, 6) is -0.293. The molecule has 11 aromatic carbocycles. The average molecular weight is 1270 g/mol. The van der Waals surface area contributed by atoms with Crippen LogP contribution in [0.3, 0.4) is 0 Å².